The van der Waals surface area contributed by atoms with Gasteiger partial charge >= 0.3 is 6.03 Å². The molecule has 0 saturated carbocycles. The fourth-order valence-electron chi connectivity index (χ4n) is 1.60. The normalized spacial score (nSPS) is 10.2. The lowest BCUT2D eigenvalue weighted by Crippen LogP contribution is -2.42. The van der Waals surface area contributed by atoms with Crippen LogP contribution in [0.5, 0.6) is 0 Å². The molecule has 0 aliphatic heterocycles. The number of amides is 2. The number of carbonyl (C=O) groups excluding carboxylic acids is 1. The van der Waals surface area contributed by atoms with E-state index in [-0.39, 0.29) is 12.6 Å². The van der Waals surface area contributed by atoms with Gasteiger partial charge in [0.1, 0.15) is 0 Å². The number of rotatable bonds is 6. The maximum absolute atomic E-state index is 11.7. The van der Waals surface area contributed by atoms with Crippen LogP contribution in [-0.2, 0) is 6.42 Å². The van der Waals surface area contributed by atoms with E-state index in [4.69, 9.17) is 5.11 Å². The van der Waals surface area contributed by atoms with Gasteiger partial charge in [0, 0.05) is 31.5 Å². The number of carbonyl (C=O) groups is 1. The Balaban J connectivity index is 2.32. The number of aryl methyl sites for hydroxylation is 1. The van der Waals surface area contributed by atoms with Gasteiger partial charge in [0.15, 0.2) is 0 Å². The fraction of sp³-hybridized carbons (Fsp3) is 0.538. The van der Waals surface area contributed by atoms with Crippen molar-refractivity contribution >= 4 is 6.03 Å². The minimum absolute atomic E-state index is 0.0108. The fourth-order valence-corrected chi connectivity index (χ4v) is 1.60. The lowest BCUT2D eigenvalue weighted by molar-refractivity contribution is 0.180. The Labute approximate surface area is 108 Å². The van der Waals surface area contributed by atoms with Crippen LogP contribution in [-0.4, -0.2) is 47.3 Å². The van der Waals surface area contributed by atoms with Gasteiger partial charge in [0.25, 0.3) is 0 Å². The van der Waals surface area contributed by atoms with E-state index in [0.29, 0.717) is 19.6 Å². The van der Waals surface area contributed by atoms with Gasteiger partial charge in [0.2, 0.25) is 0 Å². The van der Waals surface area contributed by atoms with E-state index >= 15 is 0 Å². The van der Waals surface area contributed by atoms with Crippen LogP contribution in [0.15, 0.2) is 18.3 Å². The number of pyridine rings is 1. The van der Waals surface area contributed by atoms with Crippen molar-refractivity contribution in [2.45, 2.75) is 20.3 Å². The molecule has 0 aliphatic carbocycles. The van der Waals surface area contributed by atoms with E-state index < -0.39 is 0 Å². The van der Waals surface area contributed by atoms with Crippen molar-refractivity contribution in [1.82, 2.24) is 15.2 Å². The van der Waals surface area contributed by atoms with Gasteiger partial charge in [-0.25, -0.2) is 4.79 Å². The zero-order chi connectivity index (χ0) is 13.4. The average Bonchev–Trinajstić information content (AvgIpc) is 2.38. The Bertz CT molecular complexity index is 365. The van der Waals surface area contributed by atoms with E-state index in [1.165, 1.54) is 0 Å². The van der Waals surface area contributed by atoms with Crippen molar-refractivity contribution in [2.24, 2.45) is 0 Å². The topological polar surface area (TPSA) is 65.5 Å². The summed E-state index contributed by atoms with van der Waals surface area (Å²) in [5.74, 6) is 0. The molecule has 0 aromatic carbocycles. The first-order valence-corrected chi connectivity index (χ1v) is 6.22. The summed E-state index contributed by atoms with van der Waals surface area (Å²) in [7, 11) is 0. The van der Waals surface area contributed by atoms with Gasteiger partial charge < -0.3 is 15.3 Å². The van der Waals surface area contributed by atoms with Crippen molar-refractivity contribution < 1.29 is 9.90 Å². The zero-order valence-corrected chi connectivity index (χ0v) is 11.0. The number of aliphatic hydroxyl groups excluding tert-OH is 1. The van der Waals surface area contributed by atoms with Crippen molar-refractivity contribution in [3.8, 4) is 0 Å². The predicted octanol–water partition coefficient (Wildman–Crippen LogP) is 0.956. The van der Waals surface area contributed by atoms with Crippen LogP contribution in [0, 0.1) is 6.92 Å². The third-order valence-corrected chi connectivity index (χ3v) is 2.70. The Hall–Kier alpha value is -1.62. The molecule has 0 saturated heterocycles. The number of hydrogen-bond acceptors (Lipinski definition) is 3. The number of aromatic nitrogens is 1. The summed E-state index contributed by atoms with van der Waals surface area (Å²) >= 11 is 0. The molecule has 1 heterocycles. The maximum Gasteiger partial charge on any atom is 0.317 e. The van der Waals surface area contributed by atoms with Crippen LogP contribution in [0.3, 0.4) is 0 Å². The molecule has 0 bridgehead atoms. The van der Waals surface area contributed by atoms with Crippen LogP contribution < -0.4 is 5.32 Å². The van der Waals surface area contributed by atoms with Gasteiger partial charge in [0.05, 0.1) is 6.61 Å². The number of nitrogens with zero attached hydrogens (tertiary/aromatic N) is 2. The summed E-state index contributed by atoms with van der Waals surface area (Å²) in [5, 5.41) is 11.6. The molecule has 0 spiro atoms. The number of hydrogen-bond donors (Lipinski definition) is 2. The average molecular weight is 251 g/mol. The Kier molecular flexibility index (Phi) is 6.14. The minimum atomic E-state index is -0.133. The molecule has 0 atom stereocenters. The first-order chi connectivity index (χ1) is 8.67. The SMILES string of the molecule is CCN(CCO)C(=O)NCCc1ccc(C)nc1. The number of likely N-dealkylation sites (N-methyl/N-ethyl adjacent to an activating group) is 1. The van der Waals surface area contributed by atoms with Gasteiger partial charge in [-0.2, -0.15) is 0 Å². The Morgan fingerprint density at radius 2 is 2.28 bits per heavy atom. The first kappa shape index (κ1) is 14.4. The molecule has 0 radical (unpaired) electrons. The summed E-state index contributed by atoms with van der Waals surface area (Å²) in [4.78, 5) is 17.5. The summed E-state index contributed by atoms with van der Waals surface area (Å²) in [6.07, 6.45) is 2.59. The predicted molar refractivity (Wildman–Crippen MR) is 70.4 cm³/mol. The monoisotopic (exact) mass is 251 g/mol. The molecule has 2 amide bonds. The second-order valence-electron chi connectivity index (χ2n) is 4.09. The molecule has 5 heteroatoms. The lowest BCUT2D eigenvalue weighted by Gasteiger charge is -2.20. The summed E-state index contributed by atoms with van der Waals surface area (Å²) in [6.45, 7) is 5.36. The summed E-state index contributed by atoms with van der Waals surface area (Å²) < 4.78 is 0. The molecular formula is C13H21N3O2. The highest BCUT2D eigenvalue weighted by molar-refractivity contribution is 5.74. The molecule has 1 aromatic heterocycles. The van der Waals surface area contributed by atoms with Gasteiger partial charge in [-0.1, -0.05) is 6.07 Å². The molecule has 100 valence electrons. The molecule has 0 fully saturated rings. The highest BCUT2D eigenvalue weighted by Gasteiger charge is 2.09. The van der Waals surface area contributed by atoms with Crippen LogP contribution >= 0.6 is 0 Å². The standard InChI is InChI=1S/C13H21N3O2/c1-3-16(8-9-17)13(18)14-7-6-12-5-4-11(2)15-10-12/h4-5,10,17H,3,6-9H2,1-2H3,(H,14,18). The van der Waals surface area contributed by atoms with E-state index in [2.05, 4.69) is 10.3 Å². The smallest absolute Gasteiger partial charge is 0.317 e. The molecule has 2 N–H and O–H groups in total. The molecule has 1 aromatic rings. The van der Waals surface area contributed by atoms with E-state index in [9.17, 15) is 4.79 Å². The van der Waals surface area contributed by atoms with Crippen LogP contribution in [0.2, 0.25) is 0 Å². The van der Waals surface area contributed by atoms with Gasteiger partial charge in [-0.3, -0.25) is 4.98 Å². The molecular weight excluding hydrogens is 230 g/mol. The molecule has 5 nitrogen and oxygen atoms in total. The van der Waals surface area contributed by atoms with E-state index in [1.54, 1.807) is 4.90 Å². The minimum Gasteiger partial charge on any atom is -0.395 e. The number of nitrogens with one attached hydrogen (secondary N) is 1. The largest absolute Gasteiger partial charge is 0.395 e. The Morgan fingerprint density at radius 3 is 2.83 bits per heavy atom. The van der Waals surface area contributed by atoms with Crippen molar-refractivity contribution in [1.29, 1.82) is 0 Å². The Morgan fingerprint density at radius 1 is 1.50 bits per heavy atom. The quantitative estimate of drug-likeness (QED) is 0.791. The number of aliphatic hydroxyl groups is 1. The third kappa shape index (κ3) is 4.71. The number of urea groups is 1. The van der Waals surface area contributed by atoms with Crippen LogP contribution in [0.1, 0.15) is 18.2 Å². The van der Waals surface area contributed by atoms with Gasteiger partial charge in [-0.05, 0) is 31.9 Å². The second-order valence-corrected chi connectivity index (χ2v) is 4.09. The van der Waals surface area contributed by atoms with Crippen molar-refractivity contribution in [3.63, 3.8) is 0 Å². The highest BCUT2D eigenvalue weighted by atomic mass is 16.3. The molecule has 1 rings (SSSR count). The van der Waals surface area contributed by atoms with Crippen LogP contribution in [0.25, 0.3) is 0 Å². The van der Waals surface area contributed by atoms with Crippen molar-refractivity contribution in [2.75, 3.05) is 26.2 Å². The first-order valence-electron chi connectivity index (χ1n) is 6.22. The van der Waals surface area contributed by atoms with Crippen molar-refractivity contribution in [3.05, 3.63) is 29.6 Å². The zero-order valence-electron chi connectivity index (χ0n) is 11.0. The molecule has 0 aliphatic rings. The van der Waals surface area contributed by atoms with Gasteiger partial charge in [-0.15, -0.1) is 0 Å². The third-order valence-electron chi connectivity index (χ3n) is 2.70. The lowest BCUT2D eigenvalue weighted by atomic mass is 10.2. The molecule has 0 unspecified atom stereocenters. The highest BCUT2D eigenvalue weighted by Crippen LogP contribution is 1.99. The summed E-state index contributed by atoms with van der Waals surface area (Å²) in [5.41, 5.74) is 2.09. The van der Waals surface area contributed by atoms with E-state index in [1.807, 2.05) is 32.2 Å². The van der Waals surface area contributed by atoms with E-state index in [0.717, 1.165) is 17.7 Å². The van der Waals surface area contributed by atoms with Crippen LogP contribution in [0.4, 0.5) is 4.79 Å². The molecule has 18 heavy (non-hydrogen) atoms. The summed E-state index contributed by atoms with van der Waals surface area (Å²) in [6, 6.07) is 3.84. The maximum atomic E-state index is 11.7. The second kappa shape index (κ2) is 7.66.